The van der Waals surface area contributed by atoms with Crippen LogP contribution in [0, 0.1) is 5.92 Å². The third kappa shape index (κ3) is 3.75. The van der Waals surface area contributed by atoms with E-state index in [2.05, 4.69) is 4.98 Å². The molecule has 7 nitrogen and oxygen atoms in total. The highest BCUT2D eigenvalue weighted by Crippen LogP contribution is 2.26. The molecule has 1 aliphatic rings. The van der Waals surface area contributed by atoms with E-state index in [-0.39, 0.29) is 23.1 Å². The number of nitrogens with one attached hydrogen (secondary N) is 1. The Morgan fingerprint density at radius 2 is 1.97 bits per heavy atom. The zero-order valence-electron chi connectivity index (χ0n) is 15.2. The molecule has 0 saturated carbocycles. The molecular formula is C20H17Cl2N3O4. The summed E-state index contributed by atoms with van der Waals surface area (Å²) in [6.45, 7) is 1.43. The topological polar surface area (TPSA) is 95.4 Å². The molecule has 0 radical (unpaired) electrons. The minimum absolute atomic E-state index is 0.0650. The molecule has 2 aromatic carbocycles. The van der Waals surface area contributed by atoms with Gasteiger partial charge in [0.15, 0.2) is 0 Å². The first-order chi connectivity index (χ1) is 13.8. The van der Waals surface area contributed by atoms with Gasteiger partial charge in [-0.05, 0) is 48.7 Å². The maximum absolute atomic E-state index is 12.8. The van der Waals surface area contributed by atoms with Crippen molar-refractivity contribution in [1.29, 1.82) is 0 Å². The molecule has 1 saturated heterocycles. The fraction of sp³-hybridized carbons (Fsp3) is 0.250. The smallest absolute Gasteiger partial charge is 0.335 e. The number of aromatic amines is 1. The molecule has 1 atom stereocenters. The number of imidazole rings is 1. The molecule has 0 bridgehead atoms. The van der Waals surface area contributed by atoms with Gasteiger partial charge in [0.1, 0.15) is 0 Å². The van der Waals surface area contributed by atoms with Crippen LogP contribution in [0.3, 0.4) is 0 Å². The summed E-state index contributed by atoms with van der Waals surface area (Å²) in [6, 6.07) is 9.30. The van der Waals surface area contributed by atoms with E-state index < -0.39 is 5.97 Å². The third-order valence-corrected chi connectivity index (χ3v) is 5.75. The Bertz CT molecular complexity index is 1180. The number of hydrogen-bond donors (Lipinski definition) is 2. The van der Waals surface area contributed by atoms with Gasteiger partial charge < -0.3 is 15.0 Å². The number of benzene rings is 2. The number of carbonyl (C=O) groups is 2. The maximum atomic E-state index is 12.8. The fourth-order valence-corrected chi connectivity index (χ4v) is 4.21. The zero-order chi connectivity index (χ0) is 20.7. The van der Waals surface area contributed by atoms with Gasteiger partial charge in [-0.25, -0.2) is 9.59 Å². The van der Waals surface area contributed by atoms with Crippen LogP contribution < -0.4 is 5.69 Å². The number of fused-ring (bicyclic) bond motifs is 1. The van der Waals surface area contributed by atoms with Gasteiger partial charge in [-0.15, -0.1) is 0 Å². The number of aromatic nitrogens is 2. The molecule has 1 unspecified atom stereocenters. The van der Waals surface area contributed by atoms with Crippen molar-refractivity contribution in [3.8, 4) is 0 Å². The molecule has 2 N–H and O–H groups in total. The van der Waals surface area contributed by atoms with E-state index in [1.807, 2.05) is 0 Å². The summed E-state index contributed by atoms with van der Waals surface area (Å²) in [5.74, 6) is -1.16. The van der Waals surface area contributed by atoms with Crippen LogP contribution >= 0.6 is 23.2 Å². The third-order valence-electron chi connectivity index (χ3n) is 5.20. The van der Waals surface area contributed by atoms with Gasteiger partial charge >= 0.3 is 11.7 Å². The molecular weight excluding hydrogens is 417 g/mol. The zero-order valence-corrected chi connectivity index (χ0v) is 16.7. The van der Waals surface area contributed by atoms with Gasteiger partial charge in [0.2, 0.25) is 0 Å². The summed E-state index contributed by atoms with van der Waals surface area (Å²) < 4.78 is 1.54. The molecule has 3 aromatic rings. The Morgan fingerprint density at radius 1 is 1.17 bits per heavy atom. The second-order valence-electron chi connectivity index (χ2n) is 7.11. The van der Waals surface area contributed by atoms with E-state index in [9.17, 15) is 19.5 Å². The van der Waals surface area contributed by atoms with Gasteiger partial charge in [-0.3, -0.25) is 9.36 Å². The van der Waals surface area contributed by atoms with Gasteiger partial charge in [0.05, 0.1) is 27.2 Å². The Hall–Kier alpha value is -2.77. The number of H-pyrrole nitrogens is 1. The highest BCUT2D eigenvalue weighted by atomic mass is 35.5. The Morgan fingerprint density at radius 3 is 2.69 bits per heavy atom. The quantitative estimate of drug-likeness (QED) is 0.657. The van der Waals surface area contributed by atoms with Crippen LogP contribution in [-0.4, -0.2) is 44.5 Å². The largest absolute Gasteiger partial charge is 0.478 e. The molecule has 1 aromatic heterocycles. The number of amides is 1. The first-order valence-electron chi connectivity index (χ1n) is 9.03. The molecule has 1 fully saturated rings. The van der Waals surface area contributed by atoms with Crippen molar-refractivity contribution in [2.24, 2.45) is 5.92 Å². The summed E-state index contributed by atoms with van der Waals surface area (Å²) >= 11 is 12.0. The molecule has 1 aliphatic heterocycles. The maximum Gasteiger partial charge on any atom is 0.335 e. The lowest BCUT2D eigenvalue weighted by Crippen LogP contribution is -2.30. The minimum Gasteiger partial charge on any atom is -0.478 e. The predicted molar refractivity (Wildman–Crippen MR) is 110 cm³/mol. The lowest BCUT2D eigenvalue weighted by atomic mass is 10.1. The Kier molecular flexibility index (Phi) is 5.10. The van der Waals surface area contributed by atoms with Gasteiger partial charge in [-0.1, -0.05) is 23.2 Å². The average molecular weight is 434 g/mol. The van der Waals surface area contributed by atoms with Crippen LogP contribution in [0.25, 0.3) is 11.0 Å². The van der Waals surface area contributed by atoms with Crippen LogP contribution in [-0.2, 0) is 6.54 Å². The highest BCUT2D eigenvalue weighted by molar-refractivity contribution is 6.36. The normalized spacial score (nSPS) is 16.5. The molecule has 2 heterocycles. The van der Waals surface area contributed by atoms with E-state index in [0.717, 1.165) is 6.42 Å². The van der Waals surface area contributed by atoms with E-state index in [1.54, 1.807) is 23.1 Å². The molecule has 4 rings (SSSR count). The summed E-state index contributed by atoms with van der Waals surface area (Å²) in [5.41, 5.74) is 1.34. The van der Waals surface area contributed by atoms with Crippen LogP contribution in [0.4, 0.5) is 0 Å². The first kappa shape index (κ1) is 19.5. The average Bonchev–Trinajstić information content (AvgIpc) is 3.26. The summed E-state index contributed by atoms with van der Waals surface area (Å²) in [6.07, 6.45) is 0.731. The van der Waals surface area contributed by atoms with Crippen LogP contribution in [0.2, 0.25) is 10.0 Å². The molecule has 0 spiro atoms. The molecule has 0 aliphatic carbocycles. The number of likely N-dealkylation sites (tertiary alicyclic amines) is 1. The number of carboxylic acids is 1. The SMILES string of the molecule is O=C(O)c1ccc2[nH]c(=O)n(CC3CCN(C(=O)c4ccc(Cl)cc4Cl)C3)c2c1. The van der Waals surface area contributed by atoms with Crippen molar-refractivity contribution in [2.75, 3.05) is 13.1 Å². The van der Waals surface area contributed by atoms with Crippen molar-refractivity contribution >= 4 is 46.1 Å². The second-order valence-corrected chi connectivity index (χ2v) is 7.95. The number of halogens is 2. The Labute approximate surface area is 175 Å². The monoisotopic (exact) mass is 433 g/mol. The number of aromatic carboxylic acids is 1. The van der Waals surface area contributed by atoms with E-state index >= 15 is 0 Å². The number of hydrogen-bond acceptors (Lipinski definition) is 3. The molecule has 150 valence electrons. The van der Waals surface area contributed by atoms with Crippen molar-refractivity contribution in [1.82, 2.24) is 14.5 Å². The fourth-order valence-electron chi connectivity index (χ4n) is 3.72. The number of nitrogens with zero attached hydrogens (tertiary/aromatic N) is 2. The standard InChI is InChI=1S/C20H17Cl2N3O4/c21-13-2-3-14(15(22)8-13)18(26)24-6-5-11(9-24)10-25-17-7-12(19(27)28)1-4-16(17)23-20(25)29/h1-4,7-8,11H,5-6,9-10H2,(H,23,29)(H,27,28). The van der Waals surface area contributed by atoms with Crippen LogP contribution in [0.15, 0.2) is 41.2 Å². The molecule has 29 heavy (non-hydrogen) atoms. The van der Waals surface area contributed by atoms with Crippen LogP contribution in [0.5, 0.6) is 0 Å². The minimum atomic E-state index is -1.05. The second kappa shape index (κ2) is 7.57. The summed E-state index contributed by atoms with van der Waals surface area (Å²) in [7, 11) is 0. The van der Waals surface area contributed by atoms with Gasteiger partial charge in [0, 0.05) is 24.7 Å². The molecule has 1 amide bonds. The number of rotatable bonds is 4. The van der Waals surface area contributed by atoms with Crippen molar-refractivity contribution in [3.05, 3.63) is 68.1 Å². The number of carbonyl (C=O) groups excluding carboxylic acids is 1. The van der Waals surface area contributed by atoms with Gasteiger partial charge in [0.25, 0.3) is 5.91 Å². The van der Waals surface area contributed by atoms with E-state index in [0.29, 0.717) is 46.3 Å². The lowest BCUT2D eigenvalue weighted by Gasteiger charge is -2.18. The number of carboxylic acid groups (broad SMARTS) is 1. The highest BCUT2D eigenvalue weighted by Gasteiger charge is 2.29. The van der Waals surface area contributed by atoms with Gasteiger partial charge in [-0.2, -0.15) is 0 Å². The van der Waals surface area contributed by atoms with Crippen molar-refractivity contribution in [3.63, 3.8) is 0 Å². The van der Waals surface area contributed by atoms with Crippen molar-refractivity contribution in [2.45, 2.75) is 13.0 Å². The lowest BCUT2D eigenvalue weighted by molar-refractivity contribution is 0.0696. The first-order valence-corrected chi connectivity index (χ1v) is 9.79. The summed E-state index contributed by atoms with van der Waals surface area (Å²) in [5, 5.41) is 9.98. The van der Waals surface area contributed by atoms with E-state index in [4.69, 9.17) is 23.2 Å². The predicted octanol–water partition coefficient (Wildman–Crippen LogP) is 3.50. The van der Waals surface area contributed by atoms with Crippen molar-refractivity contribution < 1.29 is 14.7 Å². The van der Waals surface area contributed by atoms with E-state index in [1.165, 1.54) is 22.8 Å². The summed E-state index contributed by atoms with van der Waals surface area (Å²) in [4.78, 5) is 40.9. The molecule has 9 heteroatoms. The Balaban J connectivity index is 1.54. The van der Waals surface area contributed by atoms with Crippen LogP contribution in [0.1, 0.15) is 27.1 Å².